The van der Waals surface area contributed by atoms with Crippen LogP contribution in [0.4, 0.5) is 0 Å². The molecule has 108 valence electrons. The Bertz CT molecular complexity index is 225. The van der Waals surface area contributed by atoms with Crippen molar-refractivity contribution in [3.8, 4) is 0 Å². The number of hydrogen-bond donors (Lipinski definition) is 1. The molecular weight excluding hydrogens is 220 g/mol. The second-order valence-electron chi connectivity index (χ2n) is 6.88. The van der Waals surface area contributed by atoms with Crippen LogP contribution in [0.15, 0.2) is 0 Å². The second kappa shape index (κ2) is 7.49. The monoisotopic (exact) mass is 254 g/mol. The lowest BCUT2D eigenvalue weighted by molar-refractivity contribution is 0.146. The van der Waals surface area contributed by atoms with Crippen LogP contribution in [0.1, 0.15) is 60.3 Å². The molecule has 0 aromatic carbocycles. The average molecular weight is 254 g/mol. The molecule has 2 nitrogen and oxygen atoms in total. The first-order chi connectivity index (χ1) is 8.48. The Morgan fingerprint density at radius 2 is 1.94 bits per heavy atom. The maximum Gasteiger partial charge on any atom is 0.0107 e. The number of nitrogens with zero attached hydrogens (tertiary/aromatic N) is 1. The number of likely N-dealkylation sites (N-methyl/N-ethyl adjacent to an activating group) is 1. The summed E-state index contributed by atoms with van der Waals surface area (Å²) in [6.45, 7) is 16.6. The molecule has 1 aliphatic carbocycles. The fourth-order valence-electron chi connectivity index (χ4n) is 3.40. The molecule has 2 heteroatoms. The molecule has 0 radical (unpaired) electrons. The summed E-state index contributed by atoms with van der Waals surface area (Å²) in [4.78, 5) is 2.55. The molecule has 0 saturated heterocycles. The third-order valence-corrected chi connectivity index (χ3v) is 4.52. The van der Waals surface area contributed by atoms with Crippen molar-refractivity contribution in [3.63, 3.8) is 0 Å². The zero-order chi connectivity index (χ0) is 13.6. The van der Waals surface area contributed by atoms with E-state index < -0.39 is 0 Å². The Morgan fingerprint density at radius 1 is 1.22 bits per heavy atom. The Hall–Kier alpha value is -0.0800. The molecule has 0 amide bonds. The van der Waals surface area contributed by atoms with E-state index >= 15 is 0 Å². The maximum atomic E-state index is 3.79. The Balaban J connectivity index is 2.23. The molecule has 2 atom stereocenters. The quantitative estimate of drug-likeness (QED) is 0.748. The first-order valence-electron chi connectivity index (χ1n) is 7.94. The molecule has 0 aromatic heterocycles. The normalized spacial score (nSPS) is 27.7. The molecule has 2 unspecified atom stereocenters. The van der Waals surface area contributed by atoms with Crippen LogP contribution in [0.25, 0.3) is 0 Å². The zero-order valence-electron chi connectivity index (χ0n) is 13.3. The highest BCUT2D eigenvalue weighted by Gasteiger charge is 2.31. The first-order valence-corrected chi connectivity index (χ1v) is 7.94. The highest BCUT2D eigenvalue weighted by molar-refractivity contribution is 4.86. The zero-order valence-corrected chi connectivity index (χ0v) is 13.3. The third-order valence-electron chi connectivity index (χ3n) is 4.52. The van der Waals surface area contributed by atoms with E-state index in [0.717, 1.165) is 18.5 Å². The van der Waals surface area contributed by atoms with E-state index in [2.05, 4.69) is 44.8 Å². The molecule has 0 spiro atoms. The van der Waals surface area contributed by atoms with Crippen molar-refractivity contribution < 1.29 is 0 Å². The molecule has 18 heavy (non-hydrogen) atoms. The average Bonchev–Trinajstić information content (AvgIpc) is 2.30. The maximum absolute atomic E-state index is 3.79. The molecule has 1 N–H and O–H groups in total. The van der Waals surface area contributed by atoms with E-state index in [0.29, 0.717) is 5.41 Å². The fourth-order valence-corrected chi connectivity index (χ4v) is 3.40. The summed E-state index contributed by atoms with van der Waals surface area (Å²) >= 11 is 0. The van der Waals surface area contributed by atoms with Crippen molar-refractivity contribution in [3.05, 3.63) is 0 Å². The Morgan fingerprint density at radius 3 is 2.50 bits per heavy atom. The van der Waals surface area contributed by atoms with Gasteiger partial charge in [-0.25, -0.2) is 0 Å². The van der Waals surface area contributed by atoms with Gasteiger partial charge in [-0.15, -0.1) is 0 Å². The van der Waals surface area contributed by atoms with Gasteiger partial charge in [-0.05, 0) is 50.1 Å². The van der Waals surface area contributed by atoms with E-state index in [1.807, 2.05) is 0 Å². The van der Waals surface area contributed by atoms with Crippen LogP contribution >= 0.6 is 0 Å². The van der Waals surface area contributed by atoms with Gasteiger partial charge in [0.2, 0.25) is 0 Å². The standard InChI is InChI=1S/C16H34N2/c1-6-11-18(7-2)12-10-17-15-8-9-16(4,5)13-14(15)3/h14-15,17H,6-13H2,1-5H3. The van der Waals surface area contributed by atoms with Gasteiger partial charge in [0.25, 0.3) is 0 Å². The fraction of sp³-hybridized carbons (Fsp3) is 1.00. The van der Waals surface area contributed by atoms with Crippen LogP contribution in [-0.4, -0.2) is 37.1 Å². The predicted molar refractivity (Wildman–Crippen MR) is 81.0 cm³/mol. The van der Waals surface area contributed by atoms with E-state index in [1.54, 1.807) is 0 Å². The summed E-state index contributed by atoms with van der Waals surface area (Å²) in [5.41, 5.74) is 0.565. The van der Waals surface area contributed by atoms with E-state index in [9.17, 15) is 0 Å². The molecule has 0 aromatic rings. The largest absolute Gasteiger partial charge is 0.312 e. The van der Waals surface area contributed by atoms with Crippen LogP contribution in [0.5, 0.6) is 0 Å². The van der Waals surface area contributed by atoms with Crippen LogP contribution in [0, 0.1) is 11.3 Å². The molecule has 0 bridgehead atoms. The minimum atomic E-state index is 0.565. The van der Waals surface area contributed by atoms with Gasteiger partial charge in [0.05, 0.1) is 0 Å². The minimum absolute atomic E-state index is 0.565. The summed E-state index contributed by atoms with van der Waals surface area (Å²) in [6.07, 6.45) is 5.37. The van der Waals surface area contributed by atoms with Gasteiger partial charge in [-0.2, -0.15) is 0 Å². The lowest BCUT2D eigenvalue weighted by Gasteiger charge is -2.40. The molecule has 0 heterocycles. The predicted octanol–water partition coefficient (Wildman–Crippen LogP) is 3.52. The van der Waals surface area contributed by atoms with Crippen molar-refractivity contribution >= 4 is 0 Å². The van der Waals surface area contributed by atoms with Crippen molar-refractivity contribution in [1.82, 2.24) is 10.2 Å². The summed E-state index contributed by atoms with van der Waals surface area (Å²) in [6, 6.07) is 0.748. The summed E-state index contributed by atoms with van der Waals surface area (Å²) in [7, 11) is 0. The van der Waals surface area contributed by atoms with E-state index in [1.165, 1.54) is 45.3 Å². The number of rotatable bonds is 7. The van der Waals surface area contributed by atoms with Crippen molar-refractivity contribution in [1.29, 1.82) is 0 Å². The van der Waals surface area contributed by atoms with Gasteiger partial charge in [-0.1, -0.05) is 34.6 Å². The van der Waals surface area contributed by atoms with Crippen LogP contribution < -0.4 is 5.32 Å². The summed E-state index contributed by atoms with van der Waals surface area (Å²) in [5, 5.41) is 3.79. The van der Waals surface area contributed by atoms with E-state index in [-0.39, 0.29) is 0 Å². The van der Waals surface area contributed by atoms with Crippen LogP contribution in [0.2, 0.25) is 0 Å². The highest BCUT2D eigenvalue weighted by Crippen LogP contribution is 2.38. The van der Waals surface area contributed by atoms with Gasteiger partial charge >= 0.3 is 0 Å². The molecule has 1 rings (SSSR count). The summed E-state index contributed by atoms with van der Waals surface area (Å²) < 4.78 is 0. The molecule has 1 fully saturated rings. The molecule has 1 saturated carbocycles. The van der Waals surface area contributed by atoms with Gasteiger partial charge in [0.15, 0.2) is 0 Å². The van der Waals surface area contributed by atoms with Gasteiger partial charge < -0.3 is 10.2 Å². The van der Waals surface area contributed by atoms with Crippen LogP contribution in [0.3, 0.4) is 0 Å². The van der Waals surface area contributed by atoms with Crippen molar-refractivity contribution in [2.24, 2.45) is 11.3 Å². The lowest BCUT2D eigenvalue weighted by Crippen LogP contribution is -2.44. The van der Waals surface area contributed by atoms with Crippen molar-refractivity contribution in [2.45, 2.75) is 66.3 Å². The first kappa shape index (κ1) is 16.0. The van der Waals surface area contributed by atoms with Crippen molar-refractivity contribution in [2.75, 3.05) is 26.2 Å². The molecule has 0 aliphatic heterocycles. The smallest absolute Gasteiger partial charge is 0.0107 e. The SMILES string of the molecule is CCCN(CC)CCNC1CCC(C)(C)CC1C. The minimum Gasteiger partial charge on any atom is -0.312 e. The Labute approximate surface area is 115 Å². The highest BCUT2D eigenvalue weighted by atomic mass is 15.1. The van der Waals surface area contributed by atoms with Gasteiger partial charge in [-0.3, -0.25) is 0 Å². The third kappa shape index (κ3) is 5.27. The van der Waals surface area contributed by atoms with Gasteiger partial charge in [0, 0.05) is 19.1 Å². The lowest BCUT2D eigenvalue weighted by atomic mass is 9.70. The topological polar surface area (TPSA) is 15.3 Å². The number of nitrogens with one attached hydrogen (secondary N) is 1. The van der Waals surface area contributed by atoms with Gasteiger partial charge in [0.1, 0.15) is 0 Å². The summed E-state index contributed by atoms with van der Waals surface area (Å²) in [5.74, 6) is 0.829. The van der Waals surface area contributed by atoms with E-state index in [4.69, 9.17) is 0 Å². The molecular formula is C16H34N2. The molecule has 1 aliphatic rings. The second-order valence-corrected chi connectivity index (χ2v) is 6.88. The number of hydrogen-bond acceptors (Lipinski definition) is 2. The Kier molecular flexibility index (Phi) is 6.65. The van der Waals surface area contributed by atoms with Crippen LogP contribution in [-0.2, 0) is 0 Å².